The lowest BCUT2D eigenvalue weighted by Gasteiger charge is -2.58. The molecule has 6 heteroatoms. The standard InChI is InChI=1S/C24H25FN2O3/c1-13-7-15(22(28)21-19(25)3-2-6-26-21)4-5-18(13)23(29)27-20-16-8-14-9-17(20)12-24(30,10-14)11-16/h2-7,14,16-17,20,30H,8-12H2,1H3,(H,27,29). The number of rotatable bonds is 4. The monoisotopic (exact) mass is 408 g/mol. The molecular weight excluding hydrogens is 383 g/mol. The van der Waals surface area contributed by atoms with Gasteiger partial charge in [-0.15, -0.1) is 0 Å². The van der Waals surface area contributed by atoms with Gasteiger partial charge >= 0.3 is 0 Å². The van der Waals surface area contributed by atoms with Gasteiger partial charge in [0.15, 0.2) is 5.82 Å². The minimum Gasteiger partial charge on any atom is -0.390 e. The molecule has 4 saturated carbocycles. The minimum atomic E-state index is -0.662. The van der Waals surface area contributed by atoms with E-state index < -0.39 is 17.2 Å². The third-order valence-corrected chi connectivity index (χ3v) is 7.25. The van der Waals surface area contributed by atoms with Gasteiger partial charge in [0.05, 0.1) is 5.60 Å². The van der Waals surface area contributed by atoms with E-state index in [2.05, 4.69) is 10.3 Å². The first kappa shape index (κ1) is 19.4. The van der Waals surface area contributed by atoms with Gasteiger partial charge in [0.1, 0.15) is 5.69 Å². The molecule has 1 amide bonds. The Morgan fingerprint density at radius 3 is 2.53 bits per heavy atom. The van der Waals surface area contributed by atoms with Crippen LogP contribution in [0.4, 0.5) is 4.39 Å². The average Bonchev–Trinajstić information content (AvgIpc) is 2.69. The van der Waals surface area contributed by atoms with Gasteiger partial charge in [-0.05, 0) is 86.6 Å². The molecule has 0 spiro atoms. The molecule has 4 aliphatic carbocycles. The topological polar surface area (TPSA) is 79.3 Å². The van der Waals surface area contributed by atoms with E-state index >= 15 is 0 Å². The summed E-state index contributed by atoms with van der Waals surface area (Å²) >= 11 is 0. The lowest BCUT2D eigenvalue weighted by Crippen LogP contribution is -2.61. The molecule has 30 heavy (non-hydrogen) atoms. The van der Waals surface area contributed by atoms with Crippen LogP contribution >= 0.6 is 0 Å². The molecule has 2 unspecified atom stereocenters. The minimum absolute atomic E-state index is 0.0950. The maximum Gasteiger partial charge on any atom is 0.251 e. The number of halogens is 1. The Morgan fingerprint density at radius 2 is 1.90 bits per heavy atom. The van der Waals surface area contributed by atoms with Crippen LogP contribution in [0.2, 0.25) is 0 Å². The average molecular weight is 408 g/mol. The van der Waals surface area contributed by atoms with Crippen LogP contribution in [0.5, 0.6) is 0 Å². The number of nitrogens with zero attached hydrogens (tertiary/aromatic N) is 1. The Labute approximate surface area is 174 Å². The molecule has 2 aromatic rings. The fourth-order valence-electron chi connectivity index (χ4n) is 6.20. The maximum absolute atomic E-state index is 13.9. The van der Waals surface area contributed by atoms with E-state index in [1.165, 1.54) is 18.3 Å². The second kappa shape index (κ2) is 6.98. The second-order valence-electron chi connectivity index (χ2n) is 9.39. The van der Waals surface area contributed by atoms with Crippen molar-refractivity contribution < 1.29 is 19.1 Å². The molecule has 2 atom stereocenters. The van der Waals surface area contributed by atoms with Crippen molar-refractivity contribution in [3.8, 4) is 0 Å². The summed E-state index contributed by atoms with van der Waals surface area (Å²) in [6, 6.07) is 7.53. The lowest BCUT2D eigenvalue weighted by molar-refractivity contribution is -0.136. The summed E-state index contributed by atoms with van der Waals surface area (Å²) in [5.74, 6) is -0.0698. The molecule has 0 aliphatic heterocycles. The number of pyridine rings is 1. The number of amides is 1. The Kier molecular flexibility index (Phi) is 4.51. The van der Waals surface area contributed by atoms with Crippen molar-refractivity contribution in [1.29, 1.82) is 0 Å². The number of aryl methyl sites for hydroxylation is 1. The van der Waals surface area contributed by atoms with Gasteiger partial charge in [0, 0.05) is 23.4 Å². The number of aromatic nitrogens is 1. The highest BCUT2D eigenvalue weighted by Gasteiger charge is 2.55. The van der Waals surface area contributed by atoms with E-state index in [-0.39, 0.29) is 17.6 Å². The van der Waals surface area contributed by atoms with Crippen LogP contribution in [0.15, 0.2) is 36.5 Å². The van der Waals surface area contributed by atoms with Crippen molar-refractivity contribution in [2.75, 3.05) is 0 Å². The van der Waals surface area contributed by atoms with Crippen LogP contribution in [0.1, 0.15) is 64.1 Å². The summed E-state index contributed by atoms with van der Waals surface area (Å²) in [6.07, 6.45) is 5.98. The van der Waals surface area contributed by atoms with E-state index in [1.54, 1.807) is 25.1 Å². The zero-order chi connectivity index (χ0) is 21.0. The van der Waals surface area contributed by atoms with Gasteiger partial charge in [-0.1, -0.05) is 6.07 Å². The largest absolute Gasteiger partial charge is 0.390 e. The van der Waals surface area contributed by atoms with E-state index in [1.807, 2.05) is 0 Å². The molecule has 1 heterocycles. The van der Waals surface area contributed by atoms with Gasteiger partial charge in [0.2, 0.25) is 5.78 Å². The summed E-state index contributed by atoms with van der Waals surface area (Å²) in [5, 5.41) is 14.0. The van der Waals surface area contributed by atoms with Gasteiger partial charge < -0.3 is 10.4 Å². The first-order chi connectivity index (χ1) is 14.3. The normalized spacial score (nSPS) is 31.6. The van der Waals surface area contributed by atoms with E-state index in [0.29, 0.717) is 34.4 Å². The molecule has 5 nitrogen and oxygen atoms in total. The van der Waals surface area contributed by atoms with E-state index in [4.69, 9.17) is 0 Å². The van der Waals surface area contributed by atoms with Crippen LogP contribution in [0.25, 0.3) is 0 Å². The molecule has 2 N–H and O–H groups in total. The van der Waals surface area contributed by atoms with E-state index in [9.17, 15) is 19.1 Å². The molecule has 156 valence electrons. The quantitative estimate of drug-likeness (QED) is 0.760. The van der Waals surface area contributed by atoms with Crippen LogP contribution in [-0.2, 0) is 0 Å². The SMILES string of the molecule is Cc1cc(C(=O)c2ncccc2F)ccc1C(=O)NC1C2CC3CC1CC(O)(C3)C2. The van der Waals surface area contributed by atoms with Crippen molar-refractivity contribution in [1.82, 2.24) is 10.3 Å². The first-order valence-corrected chi connectivity index (χ1v) is 10.6. The van der Waals surface area contributed by atoms with Gasteiger partial charge in [-0.3, -0.25) is 9.59 Å². The van der Waals surface area contributed by atoms with Gasteiger partial charge in [-0.25, -0.2) is 9.37 Å². The Balaban J connectivity index is 1.33. The second-order valence-corrected chi connectivity index (χ2v) is 9.39. The van der Waals surface area contributed by atoms with Gasteiger partial charge in [-0.2, -0.15) is 0 Å². The summed E-state index contributed by atoms with van der Waals surface area (Å²) < 4.78 is 13.9. The number of carbonyl (C=O) groups excluding carboxylic acids is 2. The highest BCUT2D eigenvalue weighted by Crippen LogP contribution is 2.55. The number of carbonyl (C=O) groups is 2. The maximum atomic E-state index is 13.9. The summed E-state index contributed by atoms with van der Waals surface area (Å²) in [7, 11) is 0. The Bertz CT molecular complexity index is 1020. The highest BCUT2D eigenvalue weighted by atomic mass is 19.1. The van der Waals surface area contributed by atoms with Crippen molar-refractivity contribution in [2.24, 2.45) is 17.8 Å². The predicted octanol–water partition coefficient (Wildman–Crippen LogP) is 3.43. The van der Waals surface area contributed by atoms with Crippen molar-refractivity contribution in [3.63, 3.8) is 0 Å². The first-order valence-electron chi connectivity index (χ1n) is 10.6. The number of aliphatic hydroxyl groups is 1. The summed E-state index contributed by atoms with van der Waals surface area (Å²) in [5.41, 5.74) is 0.730. The molecule has 6 rings (SSSR count). The lowest BCUT2D eigenvalue weighted by atomic mass is 9.52. The zero-order valence-electron chi connectivity index (χ0n) is 16.9. The van der Waals surface area contributed by atoms with Crippen LogP contribution in [0, 0.1) is 30.5 Å². The van der Waals surface area contributed by atoms with Crippen molar-refractivity contribution in [3.05, 3.63) is 64.7 Å². The fraction of sp³-hybridized carbons (Fsp3) is 0.458. The molecule has 1 aromatic heterocycles. The number of hydrogen-bond donors (Lipinski definition) is 2. The number of nitrogens with one attached hydrogen (secondary N) is 1. The fourth-order valence-corrected chi connectivity index (χ4v) is 6.20. The Morgan fingerprint density at radius 1 is 1.17 bits per heavy atom. The number of ketones is 1. The highest BCUT2D eigenvalue weighted by molar-refractivity contribution is 6.08. The zero-order valence-corrected chi connectivity index (χ0v) is 16.9. The van der Waals surface area contributed by atoms with Crippen molar-refractivity contribution >= 4 is 11.7 Å². The summed E-state index contributed by atoms with van der Waals surface area (Å²) in [4.78, 5) is 29.4. The van der Waals surface area contributed by atoms with Crippen LogP contribution in [0.3, 0.4) is 0 Å². The molecule has 4 aliphatic rings. The number of benzene rings is 1. The predicted molar refractivity (Wildman–Crippen MR) is 109 cm³/mol. The van der Waals surface area contributed by atoms with E-state index in [0.717, 1.165) is 32.1 Å². The third kappa shape index (κ3) is 3.23. The van der Waals surface area contributed by atoms with Crippen LogP contribution < -0.4 is 5.32 Å². The molecule has 0 radical (unpaired) electrons. The molecular formula is C24H25FN2O3. The summed E-state index contributed by atoms with van der Waals surface area (Å²) in [6.45, 7) is 1.78. The molecule has 1 aromatic carbocycles. The van der Waals surface area contributed by atoms with Gasteiger partial charge in [0.25, 0.3) is 5.91 Å². The van der Waals surface area contributed by atoms with Crippen molar-refractivity contribution in [2.45, 2.75) is 50.7 Å². The molecule has 4 bridgehead atoms. The Hall–Kier alpha value is -2.60. The third-order valence-electron chi connectivity index (χ3n) is 7.25. The molecule has 0 saturated heterocycles. The molecule has 4 fully saturated rings. The smallest absolute Gasteiger partial charge is 0.251 e. The number of hydrogen-bond acceptors (Lipinski definition) is 4. The van der Waals surface area contributed by atoms with Crippen LogP contribution in [-0.4, -0.2) is 33.4 Å².